The molecule has 2 aromatic rings. The summed E-state index contributed by atoms with van der Waals surface area (Å²) in [7, 11) is 0. The maximum atomic E-state index is 12.3. The molecule has 1 amide bonds. The molecule has 2 aliphatic heterocycles. The van der Waals surface area contributed by atoms with Crippen molar-refractivity contribution in [3.63, 3.8) is 0 Å². The highest BCUT2D eigenvalue weighted by Crippen LogP contribution is 2.37. The highest BCUT2D eigenvalue weighted by atomic mass is 16.2. The fourth-order valence-corrected chi connectivity index (χ4v) is 3.25. The number of allylic oxidation sites excluding steroid dienone is 1. The highest BCUT2D eigenvalue weighted by Gasteiger charge is 2.33. The molecule has 3 heterocycles. The monoisotopic (exact) mass is 252 g/mol. The van der Waals surface area contributed by atoms with E-state index in [4.69, 9.17) is 0 Å². The Morgan fingerprint density at radius 2 is 2.16 bits per heavy atom. The van der Waals surface area contributed by atoms with Gasteiger partial charge in [-0.15, -0.1) is 0 Å². The van der Waals surface area contributed by atoms with Crippen molar-refractivity contribution in [2.45, 2.75) is 19.8 Å². The number of hydrogen-bond donors (Lipinski definition) is 1. The van der Waals surface area contributed by atoms with Gasteiger partial charge in [-0.25, -0.2) is 0 Å². The summed E-state index contributed by atoms with van der Waals surface area (Å²) >= 11 is 0. The smallest absolute Gasteiger partial charge is 0.230 e. The Balaban J connectivity index is 1.94. The molecule has 0 radical (unpaired) electrons. The van der Waals surface area contributed by atoms with Gasteiger partial charge in [-0.1, -0.05) is 31.2 Å². The molecule has 1 N–H and O–H groups in total. The van der Waals surface area contributed by atoms with Crippen LogP contribution in [0.25, 0.3) is 16.6 Å². The number of nitrogens with one attached hydrogen (secondary N) is 1. The Bertz CT molecular complexity index is 711. The number of aromatic amines is 1. The summed E-state index contributed by atoms with van der Waals surface area (Å²) in [6.45, 7) is 2.82. The molecule has 19 heavy (non-hydrogen) atoms. The SMILES string of the molecule is CC1CC=C2c3[nH]c4ccccc4c3CCN2C1=O. The van der Waals surface area contributed by atoms with Gasteiger partial charge >= 0.3 is 0 Å². The summed E-state index contributed by atoms with van der Waals surface area (Å²) in [6.07, 6.45) is 3.99. The van der Waals surface area contributed by atoms with E-state index in [0.717, 1.165) is 30.8 Å². The van der Waals surface area contributed by atoms with Gasteiger partial charge in [0.15, 0.2) is 0 Å². The summed E-state index contributed by atoms with van der Waals surface area (Å²) in [4.78, 5) is 17.7. The van der Waals surface area contributed by atoms with Crippen LogP contribution in [-0.4, -0.2) is 22.3 Å². The number of carbonyl (C=O) groups is 1. The van der Waals surface area contributed by atoms with E-state index >= 15 is 0 Å². The van der Waals surface area contributed by atoms with Crippen LogP contribution in [0.4, 0.5) is 0 Å². The largest absolute Gasteiger partial charge is 0.353 e. The second-order valence-electron chi connectivity index (χ2n) is 5.49. The van der Waals surface area contributed by atoms with Crippen LogP contribution in [0.5, 0.6) is 0 Å². The summed E-state index contributed by atoms with van der Waals surface area (Å²) in [6, 6.07) is 8.38. The molecule has 1 aromatic heterocycles. The lowest BCUT2D eigenvalue weighted by atomic mass is 9.93. The van der Waals surface area contributed by atoms with E-state index in [-0.39, 0.29) is 11.8 Å². The zero-order valence-corrected chi connectivity index (χ0v) is 10.9. The standard InChI is InChI=1S/C16H16N2O/c1-10-6-7-14-15-12(8-9-18(14)16(10)19)11-4-2-3-5-13(11)17-15/h2-5,7,10,17H,6,8-9H2,1H3. The number of fused-ring (bicyclic) bond motifs is 5. The van der Waals surface area contributed by atoms with Crippen molar-refractivity contribution in [2.24, 2.45) is 5.92 Å². The number of hydrogen-bond acceptors (Lipinski definition) is 1. The van der Waals surface area contributed by atoms with Crippen LogP contribution in [0, 0.1) is 5.92 Å². The zero-order valence-electron chi connectivity index (χ0n) is 10.9. The summed E-state index contributed by atoms with van der Waals surface area (Å²) in [5.41, 5.74) is 4.76. The quantitative estimate of drug-likeness (QED) is 0.769. The van der Waals surface area contributed by atoms with Gasteiger partial charge in [0.05, 0.1) is 11.4 Å². The summed E-state index contributed by atoms with van der Waals surface area (Å²) in [5.74, 6) is 0.386. The summed E-state index contributed by atoms with van der Waals surface area (Å²) in [5, 5.41) is 1.30. The van der Waals surface area contributed by atoms with Gasteiger partial charge in [-0.3, -0.25) is 4.79 Å². The fourth-order valence-electron chi connectivity index (χ4n) is 3.25. The minimum Gasteiger partial charge on any atom is -0.353 e. The van der Waals surface area contributed by atoms with Crippen LogP contribution in [0.3, 0.4) is 0 Å². The lowest BCUT2D eigenvalue weighted by Crippen LogP contribution is -2.40. The first kappa shape index (κ1) is 10.9. The topological polar surface area (TPSA) is 36.1 Å². The Hall–Kier alpha value is -2.03. The van der Waals surface area contributed by atoms with E-state index in [2.05, 4.69) is 29.3 Å². The predicted molar refractivity (Wildman–Crippen MR) is 75.5 cm³/mol. The first-order valence-electron chi connectivity index (χ1n) is 6.87. The lowest BCUT2D eigenvalue weighted by Gasteiger charge is -2.35. The van der Waals surface area contributed by atoms with Crippen LogP contribution in [0.1, 0.15) is 24.6 Å². The predicted octanol–water partition coefficient (Wildman–Crippen LogP) is 2.93. The van der Waals surface area contributed by atoms with Crippen molar-refractivity contribution in [1.29, 1.82) is 0 Å². The van der Waals surface area contributed by atoms with Crippen molar-refractivity contribution in [2.75, 3.05) is 6.54 Å². The maximum absolute atomic E-state index is 12.3. The average molecular weight is 252 g/mol. The van der Waals surface area contributed by atoms with Crippen LogP contribution >= 0.6 is 0 Å². The third kappa shape index (κ3) is 1.41. The number of rotatable bonds is 0. The number of para-hydroxylation sites is 1. The first-order chi connectivity index (χ1) is 9.25. The van der Waals surface area contributed by atoms with Gasteiger partial charge in [0.1, 0.15) is 0 Å². The van der Waals surface area contributed by atoms with Crippen molar-refractivity contribution in [1.82, 2.24) is 9.88 Å². The van der Waals surface area contributed by atoms with E-state index in [9.17, 15) is 4.79 Å². The second-order valence-corrected chi connectivity index (χ2v) is 5.49. The molecule has 0 fully saturated rings. The third-order valence-electron chi connectivity index (χ3n) is 4.30. The van der Waals surface area contributed by atoms with Crippen molar-refractivity contribution < 1.29 is 4.79 Å². The lowest BCUT2D eigenvalue weighted by molar-refractivity contribution is -0.132. The average Bonchev–Trinajstić information content (AvgIpc) is 2.81. The number of H-pyrrole nitrogens is 1. The molecule has 3 nitrogen and oxygen atoms in total. The molecule has 2 aliphatic rings. The normalized spacial score (nSPS) is 22.2. The van der Waals surface area contributed by atoms with Gasteiger partial charge < -0.3 is 9.88 Å². The minimum absolute atomic E-state index is 0.120. The van der Waals surface area contributed by atoms with Gasteiger partial charge in [-0.05, 0) is 24.5 Å². The number of nitrogens with zero attached hydrogens (tertiary/aromatic N) is 1. The molecule has 0 saturated carbocycles. The number of carbonyl (C=O) groups excluding carboxylic acids is 1. The van der Waals surface area contributed by atoms with Crippen LogP contribution in [0.15, 0.2) is 30.3 Å². The number of aromatic nitrogens is 1. The third-order valence-corrected chi connectivity index (χ3v) is 4.30. The van der Waals surface area contributed by atoms with Crippen LogP contribution < -0.4 is 0 Å². The number of amides is 1. The minimum atomic E-state index is 0.120. The van der Waals surface area contributed by atoms with Crippen molar-refractivity contribution >= 4 is 22.5 Å². The molecule has 96 valence electrons. The Labute approximate surface area is 111 Å². The first-order valence-corrected chi connectivity index (χ1v) is 6.87. The molecule has 1 unspecified atom stereocenters. The highest BCUT2D eigenvalue weighted by molar-refractivity contribution is 5.96. The maximum Gasteiger partial charge on any atom is 0.230 e. The van der Waals surface area contributed by atoms with Gasteiger partial charge in [0.2, 0.25) is 5.91 Å². The molecule has 4 rings (SSSR count). The van der Waals surface area contributed by atoms with E-state index in [1.54, 1.807) is 0 Å². The van der Waals surface area contributed by atoms with Gasteiger partial charge in [0, 0.05) is 23.4 Å². The van der Waals surface area contributed by atoms with Crippen molar-refractivity contribution in [3.8, 4) is 0 Å². The fraction of sp³-hybridized carbons (Fsp3) is 0.312. The van der Waals surface area contributed by atoms with Gasteiger partial charge in [0.25, 0.3) is 0 Å². The van der Waals surface area contributed by atoms with Crippen molar-refractivity contribution in [3.05, 3.63) is 41.6 Å². The van der Waals surface area contributed by atoms with E-state index in [0.29, 0.717) is 0 Å². The Morgan fingerprint density at radius 1 is 1.32 bits per heavy atom. The van der Waals surface area contributed by atoms with E-state index in [1.165, 1.54) is 16.5 Å². The molecule has 3 heteroatoms. The van der Waals surface area contributed by atoms with E-state index < -0.39 is 0 Å². The molecule has 0 bridgehead atoms. The molecule has 0 aliphatic carbocycles. The number of benzene rings is 1. The molecule has 1 aromatic carbocycles. The molecule has 1 atom stereocenters. The van der Waals surface area contributed by atoms with Crippen LogP contribution in [0.2, 0.25) is 0 Å². The Morgan fingerprint density at radius 3 is 3.05 bits per heavy atom. The van der Waals surface area contributed by atoms with E-state index in [1.807, 2.05) is 17.9 Å². The van der Waals surface area contributed by atoms with Crippen LogP contribution in [-0.2, 0) is 11.2 Å². The summed E-state index contributed by atoms with van der Waals surface area (Å²) < 4.78 is 0. The molecule has 0 spiro atoms. The zero-order chi connectivity index (χ0) is 13.0. The Kier molecular flexibility index (Phi) is 2.13. The second kappa shape index (κ2) is 3.73. The molecular weight excluding hydrogens is 236 g/mol. The molecule has 0 saturated heterocycles. The molecular formula is C16H16N2O. The van der Waals surface area contributed by atoms with Gasteiger partial charge in [-0.2, -0.15) is 0 Å².